The molecule has 368 valence electrons. The summed E-state index contributed by atoms with van der Waals surface area (Å²) in [5.41, 5.74) is 5.49. The second-order valence-electron chi connectivity index (χ2n) is 22.1. The molecule has 12 nitrogen and oxygen atoms in total. The molecule has 3 aromatic carbocycles. The van der Waals surface area contributed by atoms with Crippen LogP contribution in [0.1, 0.15) is 192 Å². The standard InChI is InChI=1S/2C18H20FNO3.C18H21NO3.CH4/c2*1-18(2,3)13-6-10-9-20(17(23)12(10)8-14(13)19)15-5-4-11(21)7-16(15)22;1-18(2,3)12-4-6-14-11(8-12)10-19(17(14)22)15-7-5-13(20)9-16(15)21;/h2*6,8,15H,4-5,7,9H2,1-3H3;4,6,8,15H,5,7,9-10H2,1-3H3;1H4/t15-;;15-;/m0.0./s1. The number of hydrogen-bond donors (Lipinski definition) is 0. The number of nitrogens with zero attached hydrogens (tertiary/aromatic N) is 3. The fraction of sp³-hybridized carbons (Fsp3) is 0.509. The van der Waals surface area contributed by atoms with Gasteiger partial charge in [0.1, 0.15) is 29.0 Å². The van der Waals surface area contributed by atoms with Crippen molar-refractivity contribution in [2.75, 3.05) is 0 Å². The minimum Gasteiger partial charge on any atom is -0.324 e. The summed E-state index contributed by atoms with van der Waals surface area (Å²) in [5, 5.41) is 0. The molecule has 14 heteroatoms. The smallest absolute Gasteiger partial charge is 0.255 e. The van der Waals surface area contributed by atoms with E-state index in [2.05, 4.69) is 26.8 Å². The third-order valence-electron chi connectivity index (χ3n) is 13.9. The van der Waals surface area contributed by atoms with Crippen LogP contribution in [0.5, 0.6) is 0 Å². The summed E-state index contributed by atoms with van der Waals surface area (Å²) >= 11 is 0. The number of hydrogen-bond acceptors (Lipinski definition) is 9. The van der Waals surface area contributed by atoms with Crippen molar-refractivity contribution in [2.45, 2.75) is 182 Å². The van der Waals surface area contributed by atoms with Gasteiger partial charge in [-0.05, 0) is 99.2 Å². The van der Waals surface area contributed by atoms with Crippen LogP contribution in [0.2, 0.25) is 0 Å². The van der Waals surface area contributed by atoms with E-state index in [0.29, 0.717) is 86.0 Å². The molecule has 6 aliphatic rings. The molecule has 3 atom stereocenters. The predicted octanol–water partition coefficient (Wildman–Crippen LogP) is 8.81. The topological polar surface area (TPSA) is 163 Å². The van der Waals surface area contributed by atoms with Crippen LogP contribution in [0.3, 0.4) is 0 Å². The third kappa shape index (κ3) is 10.7. The van der Waals surface area contributed by atoms with Gasteiger partial charge in [-0.25, -0.2) is 8.78 Å². The quantitative estimate of drug-likeness (QED) is 0.234. The van der Waals surface area contributed by atoms with Crippen LogP contribution in [0.15, 0.2) is 42.5 Å². The highest BCUT2D eigenvalue weighted by atomic mass is 19.1. The van der Waals surface area contributed by atoms with E-state index in [0.717, 1.165) is 16.7 Å². The predicted molar refractivity (Wildman–Crippen MR) is 255 cm³/mol. The first-order valence-electron chi connectivity index (χ1n) is 23.5. The molecule has 0 N–H and O–H groups in total. The number of benzene rings is 3. The molecule has 0 spiro atoms. The highest BCUT2D eigenvalue weighted by molar-refractivity contribution is 6.09. The number of amides is 3. The number of fused-ring (bicyclic) bond motifs is 3. The van der Waals surface area contributed by atoms with Crippen LogP contribution >= 0.6 is 0 Å². The number of carbonyl (C=O) groups excluding carboxylic acids is 9. The Labute approximate surface area is 403 Å². The van der Waals surface area contributed by atoms with Gasteiger partial charge in [0.05, 0.1) is 37.4 Å². The summed E-state index contributed by atoms with van der Waals surface area (Å²) in [4.78, 5) is 113. The van der Waals surface area contributed by atoms with E-state index < -0.39 is 29.8 Å². The van der Waals surface area contributed by atoms with E-state index in [1.165, 1.54) is 27.5 Å². The number of halogens is 2. The highest BCUT2D eigenvalue weighted by Crippen LogP contribution is 2.37. The second-order valence-corrected chi connectivity index (χ2v) is 22.1. The first-order chi connectivity index (χ1) is 31.6. The molecule has 1 unspecified atom stereocenters. The maximum Gasteiger partial charge on any atom is 0.255 e. The molecule has 3 aliphatic heterocycles. The van der Waals surface area contributed by atoms with Gasteiger partial charge in [0.25, 0.3) is 17.7 Å². The van der Waals surface area contributed by atoms with Crippen LogP contribution in [0, 0.1) is 11.6 Å². The van der Waals surface area contributed by atoms with Gasteiger partial charge < -0.3 is 14.7 Å². The molecule has 3 aliphatic carbocycles. The highest BCUT2D eigenvalue weighted by Gasteiger charge is 2.43. The fourth-order valence-electron chi connectivity index (χ4n) is 10.00. The Morgan fingerprint density at radius 2 is 0.754 bits per heavy atom. The van der Waals surface area contributed by atoms with Crippen molar-refractivity contribution in [1.82, 2.24) is 14.7 Å². The molecule has 3 heterocycles. The van der Waals surface area contributed by atoms with E-state index in [1.807, 2.05) is 53.7 Å². The molecule has 69 heavy (non-hydrogen) atoms. The molecule has 0 saturated heterocycles. The largest absolute Gasteiger partial charge is 0.324 e. The molecule has 3 aromatic rings. The third-order valence-corrected chi connectivity index (χ3v) is 13.9. The Kier molecular flexibility index (Phi) is 14.7. The van der Waals surface area contributed by atoms with Crippen LogP contribution in [-0.4, -0.2) is 85.2 Å². The van der Waals surface area contributed by atoms with Crippen LogP contribution in [0.25, 0.3) is 0 Å². The number of Topliss-reactive ketones (excluding diaryl/α,β-unsaturated/α-hetero) is 6. The second kappa shape index (κ2) is 19.4. The molecular weight excluding hydrogens is 885 g/mol. The molecule has 0 aromatic heterocycles. The Morgan fingerprint density at radius 1 is 0.435 bits per heavy atom. The fourth-order valence-corrected chi connectivity index (χ4v) is 10.00. The first-order valence-corrected chi connectivity index (χ1v) is 23.5. The van der Waals surface area contributed by atoms with E-state index in [1.54, 1.807) is 17.0 Å². The van der Waals surface area contributed by atoms with Crippen molar-refractivity contribution in [1.29, 1.82) is 0 Å². The van der Waals surface area contributed by atoms with Crippen molar-refractivity contribution < 1.29 is 51.9 Å². The van der Waals surface area contributed by atoms with Gasteiger partial charge in [-0.15, -0.1) is 0 Å². The van der Waals surface area contributed by atoms with Gasteiger partial charge in [-0.2, -0.15) is 0 Å². The van der Waals surface area contributed by atoms with Gasteiger partial charge >= 0.3 is 0 Å². The minimum absolute atomic E-state index is 0. The summed E-state index contributed by atoms with van der Waals surface area (Å²) in [6.45, 7) is 19.0. The summed E-state index contributed by atoms with van der Waals surface area (Å²) in [6.07, 6.45) is 1.98. The van der Waals surface area contributed by atoms with Crippen molar-refractivity contribution >= 4 is 52.4 Å². The normalized spacial score (nSPS) is 21.6. The van der Waals surface area contributed by atoms with E-state index in [-0.39, 0.29) is 95.4 Å². The lowest BCUT2D eigenvalue weighted by atomic mass is 9.85. The van der Waals surface area contributed by atoms with Crippen LogP contribution in [-0.2, 0) is 64.6 Å². The summed E-state index contributed by atoms with van der Waals surface area (Å²) in [5.74, 6) is -2.19. The van der Waals surface area contributed by atoms with Crippen LogP contribution < -0.4 is 0 Å². The maximum absolute atomic E-state index is 14.3. The van der Waals surface area contributed by atoms with Gasteiger partial charge in [-0.3, -0.25) is 43.2 Å². The maximum atomic E-state index is 14.3. The van der Waals surface area contributed by atoms with E-state index in [9.17, 15) is 51.9 Å². The molecule has 3 saturated carbocycles. The summed E-state index contributed by atoms with van der Waals surface area (Å²) in [7, 11) is 0. The van der Waals surface area contributed by atoms with Crippen molar-refractivity contribution in [2.24, 2.45) is 0 Å². The van der Waals surface area contributed by atoms with Crippen molar-refractivity contribution in [3.8, 4) is 0 Å². The Morgan fingerprint density at radius 3 is 1.06 bits per heavy atom. The molecule has 0 bridgehead atoms. The monoisotopic (exact) mass is 949 g/mol. The Hall–Kier alpha value is -6.05. The molecule has 3 fully saturated rings. The molecular formula is C55H65F2N3O9. The number of carbonyl (C=O) groups is 9. The lowest BCUT2D eigenvalue weighted by Gasteiger charge is -2.29. The zero-order valence-electron chi connectivity index (χ0n) is 40.5. The van der Waals surface area contributed by atoms with E-state index >= 15 is 0 Å². The van der Waals surface area contributed by atoms with Crippen LogP contribution in [0.4, 0.5) is 8.78 Å². The zero-order valence-corrected chi connectivity index (χ0v) is 40.5. The number of rotatable bonds is 3. The zero-order chi connectivity index (χ0) is 49.9. The summed E-state index contributed by atoms with van der Waals surface area (Å²) in [6, 6.07) is 10.4. The van der Waals surface area contributed by atoms with E-state index in [4.69, 9.17) is 0 Å². The van der Waals surface area contributed by atoms with Gasteiger partial charge in [0.15, 0.2) is 17.3 Å². The average molecular weight is 950 g/mol. The Balaban J connectivity index is 0.000000169. The lowest BCUT2D eigenvalue weighted by Crippen LogP contribution is -2.44. The van der Waals surface area contributed by atoms with Gasteiger partial charge in [0, 0.05) is 55.6 Å². The SMILES string of the molecule is C.CC(C)(C)c1cc2c(cc1F)C(=O)N(C1CCC(=O)CC1=O)C2.CC(C)(C)c1cc2c(cc1F)C(=O)N([C@H]1CCC(=O)CC1=O)C2.CC(C)(C)c1ccc2c(c1)CN([C@H]1CCC(=O)CC1=O)C2=O. The molecule has 9 rings (SSSR count). The first kappa shape index (κ1) is 52.3. The molecule has 3 amide bonds. The van der Waals surface area contributed by atoms with Gasteiger partial charge in [0.2, 0.25) is 0 Å². The molecule has 0 radical (unpaired) electrons. The lowest BCUT2D eigenvalue weighted by molar-refractivity contribution is -0.134. The van der Waals surface area contributed by atoms with Crippen molar-refractivity contribution in [3.63, 3.8) is 0 Å². The van der Waals surface area contributed by atoms with Gasteiger partial charge in [-0.1, -0.05) is 81.9 Å². The van der Waals surface area contributed by atoms with Crippen molar-refractivity contribution in [3.05, 3.63) is 104 Å². The minimum atomic E-state index is -0.561. The summed E-state index contributed by atoms with van der Waals surface area (Å²) < 4.78 is 28.7. The number of ketones is 6. The Bertz CT molecular complexity index is 2560. The average Bonchev–Trinajstić information content (AvgIpc) is 3.85.